The molecule has 1 N–H and O–H groups in total. The molecular formula is C17H25F2N. The van der Waals surface area contributed by atoms with Gasteiger partial charge in [0.25, 0.3) is 0 Å². The fraction of sp³-hybridized carbons (Fsp3) is 0.647. The summed E-state index contributed by atoms with van der Waals surface area (Å²) in [6.07, 6.45) is 3.58. The second kappa shape index (κ2) is 6.66. The molecule has 20 heavy (non-hydrogen) atoms. The van der Waals surface area contributed by atoms with Crippen molar-refractivity contribution in [2.24, 2.45) is 17.8 Å². The van der Waals surface area contributed by atoms with Crippen molar-refractivity contribution in [2.45, 2.75) is 46.1 Å². The molecule has 3 heteroatoms. The summed E-state index contributed by atoms with van der Waals surface area (Å²) >= 11 is 0. The molecule has 3 atom stereocenters. The number of halogens is 2. The molecule has 0 spiro atoms. The summed E-state index contributed by atoms with van der Waals surface area (Å²) in [6.45, 7) is 7.47. The lowest BCUT2D eigenvalue weighted by molar-refractivity contribution is 0.177. The average Bonchev–Trinajstić information content (AvgIpc) is 2.38. The molecule has 2 rings (SSSR count). The molecule has 0 heterocycles. The Morgan fingerprint density at radius 2 is 1.75 bits per heavy atom. The smallest absolute Gasteiger partial charge is 0.159 e. The van der Waals surface area contributed by atoms with Crippen molar-refractivity contribution < 1.29 is 8.78 Å². The van der Waals surface area contributed by atoms with E-state index >= 15 is 0 Å². The third kappa shape index (κ3) is 3.57. The molecule has 1 aliphatic rings. The van der Waals surface area contributed by atoms with Crippen LogP contribution < -0.4 is 5.32 Å². The molecule has 1 aromatic carbocycles. The highest BCUT2D eigenvalue weighted by atomic mass is 19.2. The van der Waals surface area contributed by atoms with Gasteiger partial charge in [0.2, 0.25) is 0 Å². The third-order valence-electron chi connectivity index (χ3n) is 4.41. The second-order valence-corrected chi connectivity index (χ2v) is 6.39. The summed E-state index contributed by atoms with van der Waals surface area (Å²) in [5, 5.41) is 3.47. The Morgan fingerprint density at radius 3 is 2.30 bits per heavy atom. The lowest BCUT2D eigenvalue weighted by atomic mass is 9.72. The van der Waals surface area contributed by atoms with Crippen molar-refractivity contribution in [1.82, 2.24) is 5.32 Å². The predicted molar refractivity (Wildman–Crippen MR) is 78.4 cm³/mol. The first kappa shape index (κ1) is 15.4. The number of hydrogen-bond donors (Lipinski definition) is 1. The topological polar surface area (TPSA) is 12.0 Å². The van der Waals surface area contributed by atoms with Gasteiger partial charge < -0.3 is 5.32 Å². The molecule has 1 aromatic rings. The van der Waals surface area contributed by atoms with Gasteiger partial charge in [-0.2, -0.15) is 0 Å². The van der Waals surface area contributed by atoms with Crippen molar-refractivity contribution in [3.63, 3.8) is 0 Å². The Kier molecular flexibility index (Phi) is 5.14. The zero-order chi connectivity index (χ0) is 14.7. The van der Waals surface area contributed by atoms with E-state index in [9.17, 15) is 8.78 Å². The SMILES string of the molecule is CCNC(c1ccc(F)c(F)c1)C1CC(C)CC(C)C1. The van der Waals surface area contributed by atoms with Crippen LogP contribution in [-0.4, -0.2) is 6.54 Å². The van der Waals surface area contributed by atoms with Gasteiger partial charge in [-0.05, 0) is 61.3 Å². The van der Waals surface area contributed by atoms with Crippen LogP contribution in [0.5, 0.6) is 0 Å². The van der Waals surface area contributed by atoms with Crippen LogP contribution in [0.3, 0.4) is 0 Å². The van der Waals surface area contributed by atoms with Crippen LogP contribution in [0.1, 0.15) is 51.6 Å². The van der Waals surface area contributed by atoms with E-state index < -0.39 is 11.6 Å². The Labute approximate surface area is 120 Å². The first-order valence-corrected chi connectivity index (χ1v) is 7.69. The molecule has 0 aromatic heterocycles. The van der Waals surface area contributed by atoms with Gasteiger partial charge >= 0.3 is 0 Å². The van der Waals surface area contributed by atoms with Crippen LogP contribution in [0, 0.1) is 29.4 Å². The second-order valence-electron chi connectivity index (χ2n) is 6.39. The normalized spacial score (nSPS) is 28.4. The molecule has 0 bridgehead atoms. The quantitative estimate of drug-likeness (QED) is 0.844. The summed E-state index contributed by atoms with van der Waals surface area (Å²) in [7, 11) is 0. The minimum absolute atomic E-state index is 0.125. The highest BCUT2D eigenvalue weighted by molar-refractivity contribution is 5.22. The van der Waals surface area contributed by atoms with Crippen molar-refractivity contribution in [3.8, 4) is 0 Å². The fourth-order valence-corrected chi connectivity index (χ4v) is 3.76. The maximum absolute atomic E-state index is 13.5. The maximum Gasteiger partial charge on any atom is 0.159 e. The highest BCUT2D eigenvalue weighted by Crippen LogP contribution is 2.40. The molecular weight excluding hydrogens is 256 g/mol. The van der Waals surface area contributed by atoms with Gasteiger partial charge in [-0.1, -0.05) is 26.8 Å². The monoisotopic (exact) mass is 281 g/mol. The van der Waals surface area contributed by atoms with Crippen LogP contribution in [-0.2, 0) is 0 Å². The van der Waals surface area contributed by atoms with Gasteiger partial charge in [-0.3, -0.25) is 0 Å². The van der Waals surface area contributed by atoms with Crippen LogP contribution in [0.15, 0.2) is 18.2 Å². The Morgan fingerprint density at radius 1 is 1.10 bits per heavy atom. The predicted octanol–water partition coefficient (Wildman–Crippen LogP) is 4.69. The molecule has 3 unspecified atom stereocenters. The first-order chi connectivity index (χ1) is 9.51. The molecule has 1 fully saturated rings. The highest BCUT2D eigenvalue weighted by Gasteiger charge is 2.30. The molecule has 0 saturated heterocycles. The molecule has 112 valence electrons. The fourth-order valence-electron chi connectivity index (χ4n) is 3.76. The summed E-state index contributed by atoms with van der Waals surface area (Å²) in [4.78, 5) is 0. The van der Waals surface area contributed by atoms with E-state index in [0.717, 1.165) is 24.9 Å². The molecule has 1 nitrogen and oxygen atoms in total. The Balaban J connectivity index is 2.23. The Hall–Kier alpha value is -0.960. The summed E-state index contributed by atoms with van der Waals surface area (Å²) in [5.41, 5.74) is 0.872. The minimum Gasteiger partial charge on any atom is -0.310 e. The van der Waals surface area contributed by atoms with E-state index in [4.69, 9.17) is 0 Å². The van der Waals surface area contributed by atoms with Crippen molar-refractivity contribution >= 4 is 0 Å². The number of nitrogens with one attached hydrogen (secondary N) is 1. The molecule has 0 amide bonds. The van der Waals surface area contributed by atoms with Crippen molar-refractivity contribution in [1.29, 1.82) is 0 Å². The number of rotatable bonds is 4. The van der Waals surface area contributed by atoms with E-state index in [0.29, 0.717) is 17.8 Å². The third-order valence-corrected chi connectivity index (χ3v) is 4.41. The van der Waals surface area contributed by atoms with Crippen molar-refractivity contribution in [2.75, 3.05) is 6.54 Å². The van der Waals surface area contributed by atoms with E-state index in [1.54, 1.807) is 6.07 Å². The van der Waals surface area contributed by atoms with Gasteiger partial charge in [-0.15, -0.1) is 0 Å². The zero-order valence-corrected chi connectivity index (χ0v) is 12.6. The molecule has 1 saturated carbocycles. The zero-order valence-electron chi connectivity index (χ0n) is 12.6. The van der Waals surface area contributed by atoms with Gasteiger partial charge in [0.1, 0.15) is 0 Å². The lowest BCUT2D eigenvalue weighted by Crippen LogP contribution is -2.33. The van der Waals surface area contributed by atoms with Crippen LogP contribution in [0.4, 0.5) is 8.78 Å². The van der Waals surface area contributed by atoms with Crippen LogP contribution in [0.25, 0.3) is 0 Å². The molecule has 0 radical (unpaired) electrons. The Bertz CT molecular complexity index is 437. The molecule has 1 aliphatic carbocycles. The average molecular weight is 281 g/mol. The summed E-state index contributed by atoms with van der Waals surface area (Å²) in [5.74, 6) is 0.389. The van der Waals surface area contributed by atoms with Gasteiger partial charge in [0.05, 0.1) is 0 Å². The lowest BCUT2D eigenvalue weighted by Gasteiger charge is -2.37. The van der Waals surface area contributed by atoms with Gasteiger partial charge in [-0.25, -0.2) is 8.78 Å². The van der Waals surface area contributed by atoms with E-state index in [-0.39, 0.29) is 6.04 Å². The first-order valence-electron chi connectivity index (χ1n) is 7.69. The summed E-state index contributed by atoms with van der Waals surface area (Å²) in [6, 6.07) is 4.44. The number of hydrogen-bond acceptors (Lipinski definition) is 1. The minimum atomic E-state index is -0.769. The largest absolute Gasteiger partial charge is 0.310 e. The molecule has 0 aliphatic heterocycles. The van der Waals surface area contributed by atoms with E-state index in [2.05, 4.69) is 26.1 Å². The van der Waals surface area contributed by atoms with Crippen LogP contribution in [0.2, 0.25) is 0 Å². The number of benzene rings is 1. The maximum atomic E-state index is 13.5. The van der Waals surface area contributed by atoms with Crippen LogP contribution >= 0.6 is 0 Å². The van der Waals surface area contributed by atoms with E-state index in [1.165, 1.54) is 18.6 Å². The summed E-state index contributed by atoms with van der Waals surface area (Å²) < 4.78 is 26.6. The van der Waals surface area contributed by atoms with Crippen molar-refractivity contribution in [3.05, 3.63) is 35.4 Å². The standard InChI is InChI=1S/C17H25F2N/c1-4-20-17(13-5-6-15(18)16(19)10-13)14-8-11(2)7-12(3)9-14/h5-6,10-12,14,17,20H,4,7-9H2,1-3H3. The van der Waals surface area contributed by atoms with E-state index in [1.807, 2.05) is 0 Å². The van der Waals surface area contributed by atoms with Gasteiger partial charge in [0, 0.05) is 6.04 Å². The van der Waals surface area contributed by atoms with Gasteiger partial charge in [0.15, 0.2) is 11.6 Å².